The fourth-order valence-electron chi connectivity index (χ4n) is 2.50. The van der Waals surface area contributed by atoms with E-state index in [1.807, 2.05) is 26.0 Å². The third-order valence-electron chi connectivity index (χ3n) is 4.12. The van der Waals surface area contributed by atoms with Crippen molar-refractivity contribution in [2.24, 2.45) is 5.73 Å². The first-order valence-electron chi connectivity index (χ1n) is 7.30. The van der Waals surface area contributed by atoms with Crippen molar-refractivity contribution in [3.8, 4) is 0 Å². The van der Waals surface area contributed by atoms with Crippen LogP contribution in [0.25, 0.3) is 0 Å². The fourth-order valence-corrected chi connectivity index (χ4v) is 2.50. The van der Waals surface area contributed by atoms with Crippen LogP contribution in [0.2, 0.25) is 0 Å². The average Bonchev–Trinajstić information content (AvgIpc) is 2.45. The SMILES string of the molecule is CCN1CC(=O)N(CC(N)c2ccc(C)c(C)c2)CC1=O. The molecule has 0 radical (unpaired) electrons. The van der Waals surface area contributed by atoms with Crippen LogP contribution >= 0.6 is 0 Å². The van der Waals surface area contributed by atoms with Crippen molar-refractivity contribution in [3.05, 3.63) is 34.9 Å². The summed E-state index contributed by atoms with van der Waals surface area (Å²) in [4.78, 5) is 27.1. The molecule has 0 saturated carbocycles. The molecule has 21 heavy (non-hydrogen) atoms. The molecular formula is C16H23N3O2. The predicted molar refractivity (Wildman–Crippen MR) is 81.7 cm³/mol. The van der Waals surface area contributed by atoms with E-state index in [4.69, 9.17) is 5.73 Å². The molecule has 1 saturated heterocycles. The summed E-state index contributed by atoms with van der Waals surface area (Å²) in [6, 6.07) is 5.80. The summed E-state index contributed by atoms with van der Waals surface area (Å²) < 4.78 is 0. The number of nitrogens with two attached hydrogens (primary N) is 1. The zero-order chi connectivity index (χ0) is 15.6. The first-order valence-corrected chi connectivity index (χ1v) is 7.30. The molecule has 0 bridgehead atoms. The predicted octanol–water partition coefficient (Wildman–Crippen LogP) is 0.994. The Kier molecular flexibility index (Phi) is 4.63. The van der Waals surface area contributed by atoms with E-state index in [1.54, 1.807) is 9.80 Å². The third-order valence-corrected chi connectivity index (χ3v) is 4.12. The molecule has 1 heterocycles. The number of rotatable bonds is 4. The van der Waals surface area contributed by atoms with E-state index in [-0.39, 0.29) is 30.9 Å². The first-order chi connectivity index (χ1) is 9.92. The first kappa shape index (κ1) is 15.5. The van der Waals surface area contributed by atoms with E-state index in [0.717, 1.165) is 5.56 Å². The van der Waals surface area contributed by atoms with Crippen molar-refractivity contribution in [2.75, 3.05) is 26.2 Å². The van der Waals surface area contributed by atoms with Gasteiger partial charge < -0.3 is 15.5 Å². The van der Waals surface area contributed by atoms with Crippen LogP contribution in [-0.4, -0.2) is 47.8 Å². The molecule has 1 aromatic carbocycles. The molecule has 1 aliphatic rings. The largest absolute Gasteiger partial charge is 0.332 e. The van der Waals surface area contributed by atoms with E-state index < -0.39 is 0 Å². The monoisotopic (exact) mass is 289 g/mol. The molecule has 2 amide bonds. The molecule has 1 aliphatic heterocycles. The van der Waals surface area contributed by atoms with Gasteiger partial charge in [-0.25, -0.2) is 0 Å². The second-order valence-corrected chi connectivity index (χ2v) is 5.63. The van der Waals surface area contributed by atoms with Gasteiger partial charge in [0.15, 0.2) is 0 Å². The normalized spacial score (nSPS) is 17.3. The van der Waals surface area contributed by atoms with Crippen LogP contribution in [0.5, 0.6) is 0 Å². The number of hydrogen-bond donors (Lipinski definition) is 1. The lowest BCUT2D eigenvalue weighted by atomic mass is 10.0. The standard InChI is InChI=1S/C16H23N3O2/c1-4-18-9-16(21)19(10-15(18)20)8-14(17)13-6-5-11(2)12(3)7-13/h5-7,14H,4,8-10,17H2,1-3H3. The lowest BCUT2D eigenvalue weighted by molar-refractivity contribution is -0.150. The molecule has 1 fully saturated rings. The number of benzene rings is 1. The number of aryl methyl sites for hydroxylation is 2. The Hall–Kier alpha value is -1.88. The molecule has 114 valence electrons. The second kappa shape index (κ2) is 6.26. The Morgan fingerprint density at radius 2 is 1.71 bits per heavy atom. The molecule has 0 spiro atoms. The van der Waals surface area contributed by atoms with Crippen molar-refractivity contribution >= 4 is 11.8 Å². The number of amides is 2. The van der Waals surface area contributed by atoms with Gasteiger partial charge in [-0.2, -0.15) is 0 Å². The quantitative estimate of drug-likeness (QED) is 0.899. The second-order valence-electron chi connectivity index (χ2n) is 5.63. The Labute approximate surface area is 125 Å². The molecule has 1 atom stereocenters. The Morgan fingerprint density at radius 3 is 2.33 bits per heavy atom. The number of carbonyl (C=O) groups excluding carboxylic acids is 2. The van der Waals surface area contributed by atoms with Gasteiger partial charge in [-0.1, -0.05) is 18.2 Å². The lowest BCUT2D eigenvalue weighted by Crippen LogP contribution is -2.54. The molecular weight excluding hydrogens is 266 g/mol. The molecule has 1 unspecified atom stereocenters. The summed E-state index contributed by atoms with van der Waals surface area (Å²) >= 11 is 0. The highest BCUT2D eigenvalue weighted by Crippen LogP contribution is 2.17. The van der Waals surface area contributed by atoms with Crippen LogP contribution in [0.1, 0.15) is 29.7 Å². The van der Waals surface area contributed by atoms with Crippen molar-refractivity contribution in [2.45, 2.75) is 26.8 Å². The van der Waals surface area contributed by atoms with Crippen molar-refractivity contribution < 1.29 is 9.59 Å². The van der Waals surface area contributed by atoms with Crippen LogP contribution in [0.4, 0.5) is 0 Å². The van der Waals surface area contributed by atoms with Gasteiger partial charge in [0.2, 0.25) is 11.8 Å². The average molecular weight is 289 g/mol. The number of likely N-dealkylation sites (N-methyl/N-ethyl adjacent to an activating group) is 1. The van der Waals surface area contributed by atoms with Crippen LogP contribution < -0.4 is 5.73 Å². The lowest BCUT2D eigenvalue weighted by Gasteiger charge is -2.34. The minimum Gasteiger partial charge on any atom is -0.332 e. The number of piperazine rings is 1. The van der Waals surface area contributed by atoms with Crippen molar-refractivity contribution in [1.29, 1.82) is 0 Å². The highest BCUT2D eigenvalue weighted by molar-refractivity contribution is 5.92. The van der Waals surface area contributed by atoms with Crippen LogP contribution in [0.3, 0.4) is 0 Å². The molecule has 5 heteroatoms. The fraction of sp³-hybridized carbons (Fsp3) is 0.500. The molecule has 0 aromatic heterocycles. The molecule has 5 nitrogen and oxygen atoms in total. The summed E-state index contributed by atoms with van der Waals surface area (Å²) in [5.74, 6) is -0.0416. The van der Waals surface area contributed by atoms with E-state index in [1.165, 1.54) is 11.1 Å². The van der Waals surface area contributed by atoms with Crippen LogP contribution in [-0.2, 0) is 9.59 Å². The maximum Gasteiger partial charge on any atom is 0.242 e. The molecule has 1 aromatic rings. The Balaban J connectivity index is 2.05. The van der Waals surface area contributed by atoms with Gasteiger partial charge in [0, 0.05) is 19.1 Å². The number of nitrogens with zero attached hydrogens (tertiary/aromatic N) is 2. The van der Waals surface area contributed by atoms with Crippen LogP contribution in [0, 0.1) is 13.8 Å². The summed E-state index contributed by atoms with van der Waals surface area (Å²) in [5.41, 5.74) is 9.60. The summed E-state index contributed by atoms with van der Waals surface area (Å²) in [7, 11) is 0. The van der Waals surface area contributed by atoms with Gasteiger partial charge in [-0.05, 0) is 37.5 Å². The highest BCUT2D eigenvalue weighted by Gasteiger charge is 2.29. The van der Waals surface area contributed by atoms with E-state index in [2.05, 4.69) is 13.0 Å². The van der Waals surface area contributed by atoms with Crippen molar-refractivity contribution in [1.82, 2.24) is 9.80 Å². The van der Waals surface area contributed by atoms with Gasteiger partial charge >= 0.3 is 0 Å². The van der Waals surface area contributed by atoms with E-state index >= 15 is 0 Å². The Bertz CT molecular complexity index is 556. The number of carbonyl (C=O) groups is 2. The molecule has 0 aliphatic carbocycles. The smallest absolute Gasteiger partial charge is 0.242 e. The van der Waals surface area contributed by atoms with E-state index in [9.17, 15) is 9.59 Å². The topological polar surface area (TPSA) is 66.6 Å². The zero-order valence-corrected chi connectivity index (χ0v) is 12.9. The van der Waals surface area contributed by atoms with Gasteiger partial charge in [0.05, 0.1) is 13.1 Å². The van der Waals surface area contributed by atoms with E-state index in [0.29, 0.717) is 13.1 Å². The minimum atomic E-state index is -0.269. The van der Waals surface area contributed by atoms with Gasteiger partial charge in [-0.3, -0.25) is 9.59 Å². The zero-order valence-electron chi connectivity index (χ0n) is 12.9. The van der Waals surface area contributed by atoms with Crippen LogP contribution in [0.15, 0.2) is 18.2 Å². The Morgan fingerprint density at radius 1 is 1.10 bits per heavy atom. The van der Waals surface area contributed by atoms with Gasteiger partial charge in [0.25, 0.3) is 0 Å². The van der Waals surface area contributed by atoms with Crippen molar-refractivity contribution in [3.63, 3.8) is 0 Å². The van der Waals surface area contributed by atoms with Gasteiger partial charge in [-0.15, -0.1) is 0 Å². The molecule has 2 N–H and O–H groups in total. The highest BCUT2D eigenvalue weighted by atomic mass is 16.2. The summed E-state index contributed by atoms with van der Waals surface area (Å²) in [6.07, 6.45) is 0. The van der Waals surface area contributed by atoms with Gasteiger partial charge in [0.1, 0.15) is 0 Å². The molecule has 2 rings (SSSR count). The maximum atomic E-state index is 12.1. The minimum absolute atomic E-state index is 0.00983. The third kappa shape index (κ3) is 3.42. The maximum absolute atomic E-state index is 12.1. The summed E-state index contributed by atoms with van der Waals surface area (Å²) in [5, 5.41) is 0. The summed E-state index contributed by atoms with van der Waals surface area (Å²) in [6.45, 7) is 7.21. The number of hydrogen-bond acceptors (Lipinski definition) is 3.